The van der Waals surface area contributed by atoms with Crippen LogP contribution in [0, 0.1) is 5.92 Å². The Bertz CT molecular complexity index is 665. The van der Waals surface area contributed by atoms with Crippen molar-refractivity contribution in [1.29, 1.82) is 0 Å². The van der Waals surface area contributed by atoms with Crippen LogP contribution in [-0.2, 0) is 14.3 Å². The third-order valence-electron chi connectivity index (χ3n) is 3.68. The van der Waals surface area contributed by atoms with Gasteiger partial charge in [0.1, 0.15) is 12.0 Å². The Morgan fingerprint density at radius 3 is 2.52 bits per heavy atom. The third-order valence-corrected chi connectivity index (χ3v) is 3.68. The Labute approximate surface area is 120 Å². The molecule has 1 N–H and O–H groups in total. The second kappa shape index (κ2) is 4.69. The van der Waals surface area contributed by atoms with Gasteiger partial charge in [0.15, 0.2) is 0 Å². The van der Waals surface area contributed by atoms with E-state index in [2.05, 4.69) is 15.2 Å². The average Bonchev–Trinajstić information content (AvgIpc) is 2.98. The minimum absolute atomic E-state index is 0.336. The summed E-state index contributed by atoms with van der Waals surface area (Å²) < 4.78 is 4.63. The highest BCUT2D eigenvalue weighted by Crippen LogP contribution is 2.29. The van der Waals surface area contributed by atoms with Crippen molar-refractivity contribution < 1.29 is 19.1 Å². The maximum Gasteiger partial charge on any atom is 0.337 e. The maximum absolute atomic E-state index is 11.9. The molecule has 0 unspecified atom stereocenters. The Morgan fingerprint density at radius 2 is 1.90 bits per heavy atom. The zero-order valence-corrected chi connectivity index (χ0v) is 11.5. The Kier molecular flexibility index (Phi) is 2.97. The van der Waals surface area contributed by atoms with Crippen molar-refractivity contribution in [2.75, 3.05) is 14.2 Å². The van der Waals surface area contributed by atoms with Crippen molar-refractivity contribution in [2.45, 2.75) is 6.04 Å². The zero-order chi connectivity index (χ0) is 15.1. The van der Waals surface area contributed by atoms with Gasteiger partial charge in [0, 0.05) is 7.05 Å². The number of methoxy groups -OCH3 is 1. The lowest BCUT2D eigenvalue weighted by Crippen LogP contribution is -2.35. The molecule has 1 saturated heterocycles. The van der Waals surface area contributed by atoms with Crippen molar-refractivity contribution >= 4 is 23.5 Å². The van der Waals surface area contributed by atoms with Gasteiger partial charge in [-0.25, -0.2) is 4.79 Å². The number of carbonyl (C=O) groups excluding carboxylic acids is 3. The molecular weight excluding hydrogens is 274 g/mol. The van der Waals surface area contributed by atoms with Crippen LogP contribution in [0.5, 0.6) is 0 Å². The van der Waals surface area contributed by atoms with Gasteiger partial charge in [-0.15, -0.1) is 0 Å². The van der Waals surface area contributed by atoms with E-state index >= 15 is 0 Å². The summed E-state index contributed by atoms with van der Waals surface area (Å²) in [5, 5.41) is 8.10. The Morgan fingerprint density at radius 1 is 1.24 bits per heavy atom. The molecule has 1 fully saturated rings. The third kappa shape index (κ3) is 1.97. The van der Waals surface area contributed by atoms with Gasteiger partial charge in [-0.2, -0.15) is 5.10 Å². The number of benzene rings is 1. The predicted octanol–water partition coefficient (Wildman–Crippen LogP) is -0.236. The van der Waals surface area contributed by atoms with Crippen molar-refractivity contribution in [1.82, 2.24) is 10.3 Å². The van der Waals surface area contributed by atoms with Crippen molar-refractivity contribution in [3.63, 3.8) is 0 Å². The summed E-state index contributed by atoms with van der Waals surface area (Å²) in [4.78, 5) is 35.0. The van der Waals surface area contributed by atoms with Gasteiger partial charge in [-0.05, 0) is 17.7 Å². The highest BCUT2D eigenvalue weighted by Gasteiger charge is 2.51. The number of esters is 1. The summed E-state index contributed by atoms with van der Waals surface area (Å²) in [7, 11) is 2.97. The monoisotopic (exact) mass is 287 g/mol. The summed E-state index contributed by atoms with van der Waals surface area (Å²) in [6, 6.07) is 6.00. The van der Waals surface area contributed by atoms with Gasteiger partial charge >= 0.3 is 5.97 Å². The molecular formula is C14H13N3O4. The van der Waals surface area contributed by atoms with Crippen LogP contribution in [0.2, 0.25) is 0 Å². The molecule has 0 bridgehead atoms. The van der Waals surface area contributed by atoms with Crippen LogP contribution >= 0.6 is 0 Å². The first-order valence-corrected chi connectivity index (χ1v) is 6.37. The first-order valence-electron chi connectivity index (χ1n) is 6.37. The van der Waals surface area contributed by atoms with Crippen LogP contribution in [0.15, 0.2) is 29.4 Å². The van der Waals surface area contributed by atoms with E-state index in [0.717, 1.165) is 0 Å². The summed E-state index contributed by atoms with van der Waals surface area (Å²) >= 11 is 0. The van der Waals surface area contributed by atoms with Crippen molar-refractivity contribution in [3.8, 4) is 0 Å². The molecule has 0 radical (unpaired) electrons. The van der Waals surface area contributed by atoms with Crippen LogP contribution in [-0.4, -0.2) is 48.7 Å². The van der Waals surface area contributed by atoms with E-state index < -0.39 is 17.9 Å². The van der Waals surface area contributed by atoms with Gasteiger partial charge in [0.25, 0.3) is 5.91 Å². The normalized spacial score (nSPS) is 23.7. The fourth-order valence-corrected chi connectivity index (χ4v) is 2.65. The van der Waals surface area contributed by atoms with E-state index in [0.29, 0.717) is 16.8 Å². The number of amides is 2. The number of imide groups is 1. The van der Waals surface area contributed by atoms with E-state index in [-0.39, 0.29) is 11.8 Å². The summed E-state index contributed by atoms with van der Waals surface area (Å²) in [5.41, 5.74) is 1.64. The lowest BCUT2D eigenvalue weighted by Gasteiger charge is -2.13. The zero-order valence-electron chi connectivity index (χ0n) is 11.5. The molecule has 0 aromatic heterocycles. The molecule has 2 aliphatic heterocycles. The molecule has 2 aliphatic rings. The van der Waals surface area contributed by atoms with Gasteiger partial charge in [0.05, 0.1) is 18.4 Å². The molecule has 1 aromatic carbocycles. The van der Waals surface area contributed by atoms with E-state index in [1.54, 1.807) is 31.3 Å². The minimum atomic E-state index is -0.605. The lowest BCUT2D eigenvalue weighted by molar-refractivity contribution is -0.126. The van der Waals surface area contributed by atoms with Crippen LogP contribution in [0.1, 0.15) is 15.9 Å². The first-order chi connectivity index (χ1) is 10.0. The molecule has 3 rings (SSSR count). The van der Waals surface area contributed by atoms with E-state index in [1.165, 1.54) is 12.1 Å². The lowest BCUT2D eigenvalue weighted by atomic mass is 9.92. The van der Waals surface area contributed by atoms with Crippen LogP contribution in [0.3, 0.4) is 0 Å². The number of carbonyl (C=O) groups is 3. The topological polar surface area (TPSA) is 88.1 Å². The van der Waals surface area contributed by atoms with Crippen LogP contribution in [0.25, 0.3) is 0 Å². The molecule has 7 nitrogen and oxygen atoms in total. The summed E-state index contributed by atoms with van der Waals surface area (Å²) in [5.74, 6) is -1.72. The van der Waals surface area contributed by atoms with E-state index in [4.69, 9.17) is 0 Å². The van der Waals surface area contributed by atoms with E-state index in [9.17, 15) is 14.4 Å². The smallest absolute Gasteiger partial charge is 0.337 e. The fourth-order valence-electron chi connectivity index (χ4n) is 2.65. The number of fused-ring (bicyclic) bond motifs is 1. The molecule has 2 amide bonds. The maximum atomic E-state index is 11.9. The fraction of sp³-hybridized carbons (Fsp3) is 0.286. The van der Waals surface area contributed by atoms with Crippen LogP contribution in [0.4, 0.5) is 0 Å². The second-order valence-electron chi connectivity index (χ2n) is 4.90. The number of hydrazone groups is 1. The number of nitrogens with one attached hydrogen (secondary N) is 1. The highest BCUT2D eigenvalue weighted by molar-refractivity contribution is 6.23. The quantitative estimate of drug-likeness (QED) is 0.599. The van der Waals surface area contributed by atoms with Crippen molar-refractivity contribution in [2.24, 2.45) is 11.0 Å². The Hall–Kier alpha value is -2.70. The van der Waals surface area contributed by atoms with Gasteiger partial charge < -0.3 is 4.74 Å². The predicted molar refractivity (Wildman–Crippen MR) is 72.5 cm³/mol. The summed E-state index contributed by atoms with van der Waals surface area (Å²) in [6.45, 7) is 0. The minimum Gasteiger partial charge on any atom is -0.465 e. The molecule has 21 heavy (non-hydrogen) atoms. The van der Waals surface area contributed by atoms with Gasteiger partial charge in [0.2, 0.25) is 5.91 Å². The molecule has 2 heterocycles. The first kappa shape index (κ1) is 13.3. The number of hydrogen-bond donors (Lipinski definition) is 1. The molecule has 2 atom stereocenters. The molecule has 0 spiro atoms. The summed E-state index contributed by atoms with van der Waals surface area (Å²) in [6.07, 6.45) is 0. The van der Waals surface area contributed by atoms with Gasteiger partial charge in [-0.1, -0.05) is 12.1 Å². The molecule has 0 saturated carbocycles. The number of rotatable bonds is 2. The second-order valence-corrected chi connectivity index (χ2v) is 4.90. The number of hydrogen-bond acceptors (Lipinski definition) is 6. The largest absolute Gasteiger partial charge is 0.465 e. The standard InChI is InChI=1S/C14H13N3O4/c1-17-11-9(12(18)15-13(11)19)10(16-17)7-3-5-8(6-4-7)14(20)21-2/h3-6,9,11H,1-2H3,(H,15,18,19)/t9-,11+/m0/s1. The Balaban J connectivity index is 1.94. The van der Waals surface area contributed by atoms with Gasteiger partial charge in [-0.3, -0.25) is 19.9 Å². The highest BCUT2D eigenvalue weighted by atomic mass is 16.5. The van der Waals surface area contributed by atoms with E-state index in [1.807, 2.05) is 0 Å². The molecule has 108 valence electrons. The van der Waals surface area contributed by atoms with Crippen molar-refractivity contribution in [3.05, 3.63) is 35.4 Å². The SMILES string of the molecule is COC(=O)c1ccc(C2=NN(C)[C@H]3C(=O)NC(=O)[C@@H]23)cc1. The number of likely N-dealkylation sites (N-methyl/N-ethyl adjacent to an activating group) is 1. The average molecular weight is 287 g/mol. The van der Waals surface area contributed by atoms with Crippen LogP contribution < -0.4 is 5.32 Å². The number of ether oxygens (including phenoxy) is 1. The molecule has 1 aromatic rings. The molecule has 7 heteroatoms. The number of nitrogens with zero attached hydrogens (tertiary/aromatic N) is 2. The molecule has 0 aliphatic carbocycles.